The summed E-state index contributed by atoms with van der Waals surface area (Å²) in [5.74, 6) is -0.115. The van der Waals surface area contributed by atoms with E-state index in [-0.39, 0.29) is 10.6 Å². The van der Waals surface area contributed by atoms with Crippen molar-refractivity contribution in [2.24, 2.45) is 0 Å². The normalized spacial score (nSPS) is 12.6. The SMILES string of the molecule is CC=[N+](C)OS(=O)(=O)c1cc(O)ccc1C. The average molecular weight is 244 g/mol. The Bertz CT molecular complexity index is 520. The Kier molecular flexibility index (Phi) is 3.54. The van der Waals surface area contributed by atoms with Crippen LogP contribution in [0.1, 0.15) is 12.5 Å². The van der Waals surface area contributed by atoms with Crippen LogP contribution in [0.3, 0.4) is 0 Å². The molecular formula is C10H14NO4S+. The van der Waals surface area contributed by atoms with E-state index < -0.39 is 10.1 Å². The van der Waals surface area contributed by atoms with E-state index in [4.69, 9.17) is 4.28 Å². The van der Waals surface area contributed by atoms with E-state index in [0.717, 1.165) is 10.8 Å². The van der Waals surface area contributed by atoms with Crippen LogP contribution in [0.5, 0.6) is 5.75 Å². The Labute approximate surface area is 94.7 Å². The van der Waals surface area contributed by atoms with Crippen molar-refractivity contribution in [3.05, 3.63) is 23.8 Å². The summed E-state index contributed by atoms with van der Waals surface area (Å²) in [6.45, 7) is 3.27. The monoisotopic (exact) mass is 244 g/mol. The fourth-order valence-corrected chi connectivity index (χ4v) is 2.30. The Morgan fingerprint density at radius 1 is 1.44 bits per heavy atom. The highest BCUT2D eigenvalue weighted by Gasteiger charge is 2.23. The minimum absolute atomic E-state index is 0.0406. The number of benzene rings is 1. The lowest BCUT2D eigenvalue weighted by molar-refractivity contribution is -0.720. The molecule has 0 heterocycles. The minimum Gasteiger partial charge on any atom is -0.508 e. The molecule has 0 unspecified atom stereocenters. The molecule has 0 saturated carbocycles. The summed E-state index contributed by atoms with van der Waals surface area (Å²) in [7, 11) is -2.42. The maximum Gasteiger partial charge on any atom is 0.395 e. The maximum atomic E-state index is 11.8. The van der Waals surface area contributed by atoms with Crippen molar-refractivity contribution < 1.29 is 22.5 Å². The number of aromatic hydroxyl groups is 1. The lowest BCUT2D eigenvalue weighted by atomic mass is 10.2. The zero-order valence-corrected chi connectivity index (χ0v) is 10.2. The van der Waals surface area contributed by atoms with Gasteiger partial charge in [0.15, 0.2) is 13.3 Å². The second-order valence-electron chi connectivity index (χ2n) is 3.28. The first-order chi connectivity index (χ1) is 7.36. The molecule has 0 radical (unpaired) electrons. The number of phenolic OH excluding ortho intramolecular Hbond substituents is 1. The number of phenols is 1. The van der Waals surface area contributed by atoms with Crippen LogP contribution >= 0.6 is 0 Å². The van der Waals surface area contributed by atoms with Crippen molar-refractivity contribution in [2.75, 3.05) is 7.05 Å². The van der Waals surface area contributed by atoms with Crippen LogP contribution in [0.4, 0.5) is 0 Å². The first kappa shape index (κ1) is 12.5. The Morgan fingerprint density at radius 3 is 2.62 bits per heavy atom. The van der Waals surface area contributed by atoms with Gasteiger partial charge in [-0.05, 0) is 23.3 Å². The van der Waals surface area contributed by atoms with Crippen molar-refractivity contribution in [2.45, 2.75) is 18.7 Å². The molecule has 0 saturated heterocycles. The van der Waals surface area contributed by atoms with Crippen LogP contribution in [0.15, 0.2) is 23.1 Å². The van der Waals surface area contributed by atoms with Gasteiger partial charge in [-0.3, -0.25) is 0 Å². The molecular weight excluding hydrogens is 230 g/mol. The van der Waals surface area contributed by atoms with Gasteiger partial charge in [0.05, 0.1) is 0 Å². The van der Waals surface area contributed by atoms with E-state index in [2.05, 4.69) is 0 Å². The van der Waals surface area contributed by atoms with Crippen molar-refractivity contribution in [3.8, 4) is 5.75 Å². The predicted molar refractivity (Wildman–Crippen MR) is 59.0 cm³/mol. The van der Waals surface area contributed by atoms with Crippen LogP contribution in [-0.2, 0) is 14.4 Å². The summed E-state index contributed by atoms with van der Waals surface area (Å²) in [6, 6.07) is 4.10. The lowest BCUT2D eigenvalue weighted by Crippen LogP contribution is -2.16. The summed E-state index contributed by atoms with van der Waals surface area (Å²) >= 11 is 0. The van der Waals surface area contributed by atoms with Crippen molar-refractivity contribution in [3.63, 3.8) is 0 Å². The predicted octanol–water partition coefficient (Wildman–Crippen LogP) is 1.05. The van der Waals surface area contributed by atoms with E-state index in [9.17, 15) is 13.5 Å². The Balaban J connectivity index is 3.22. The molecule has 6 heteroatoms. The molecule has 5 nitrogen and oxygen atoms in total. The molecule has 1 N–H and O–H groups in total. The average Bonchev–Trinajstić information content (AvgIpc) is 2.20. The van der Waals surface area contributed by atoms with Gasteiger partial charge in [-0.15, -0.1) is 4.28 Å². The molecule has 0 bridgehead atoms. The van der Waals surface area contributed by atoms with Crippen LogP contribution in [0.2, 0.25) is 0 Å². The summed E-state index contributed by atoms with van der Waals surface area (Å²) in [4.78, 5) is -0.0406. The highest BCUT2D eigenvalue weighted by Crippen LogP contribution is 2.22. The summed E-state index contributed by atoms with van der Waals surface area (Å²) in [6.07, 6.45) is 1.47. The topological polar surface area (TPSA) is 66.6 Å². The van der Waals surface area contributed by atoms with Gasteiger partial charge in [-0.25, -0.2) is 0 Å². The fourth-order valence-electron chi connectivity index (χ4n) is 1.10. The van der Waals surface area contributed by atoms with Crippen LogP contribution in [-0.4, -0.2) is 31.5 Å². The van der Waals surface area contributed by atoms with Gasteiger partial charge in [-0.2, -0.15) is 8.42 Å². The molecule has 88 valence electrons. The Morgan fingerprint density at radius 2 is 2.06 bits per heavy atom. The molecule has 0 amide bonds. The number of hydrogen-bond donors (Lipinski definition) is 1. The molecule has 1 aromatic carbocycles. The van der Waals surface area contributed by atoms with Crippen molar-refractivity contribution in [1.82, 2.24) is 0 Å². The summed E-state index contributed by atoms with van der Waals surface area (Å²) in [5.41, 5.74) is 0.516. The number of hydroxylamine groups is 1. The molecule has 0 aliphatic heterocycles. The van der Waals surface area contributed by atoms with Crippen LogP contribution < -0.4 is 0 Å². The molecule has 1 aromatic rings. The summed E-state index contributed by atoms with van der Waals surface area (Å²) < 4.78 is 29.4. The van der Waals surface area contributed by atoms with Crippen LogP contribution in [0, 0.1) is 6.92 Å². The smallest absolute Gasteiger partial charge is 0.395 e. The first-order valence-corrected chi connectivity index (χ1v) is 6.04. The number of hydrogen-bond acceptors (Lipinski definition) is 4. The minimum atomic E-state index is -3.89. The van der Waals surface area contributed by atoms with Gasteiger partial charge in [0.2, 0.25) is 0 Å². The zero-order chi connectivity index (χ0) is 12.3. The third kappa shape index (κ3) is 2.73. The number of rotatable bonds is 3. The molecule has 0 aliphatic rings. The fraction of sp³-hybridized carbons (Fsp3) is 0.300. The molecule has 0 fully saturated rings. The van der Waals surface area contributed by atoms with Gasteiger partial charge in [0, 0.05) is 13.0 Å². The lowest BCUT2D eigenvalue weighted by Gasteiger charge is -2.04. The summed E-state index contributed by atoms with van der Waals surface area (Å²) in [5, 5.41) is 9.25. The van der Waals surface area contributed by atoms with Gasteiger partial charge in [0.25, 0.3) is 0 Å². The third-order valence-electron chi connectivity index (χ3n) is 2.02. The second kappa shape index (κ2) is 4.52. The van der Waals surface area contributed by atoms with Gasteiger partial charge >= 0.3 is 10.1 Å². The number of nitrogens with zero attached hydrogens (tertiary/aromatic N) is 1. The van der Waals surface area contributed by atoms with E-state index in [1.165, 1.54) is 25.4 Å². The van der Waals surface area contributed by atoms with Gasteiger partial charge < -0.3 is 5.11 Å². The molecule has 1 rings (SSSR count). The molecule has 0 spiro atoms. The molecule has 16 heavy (non-hydrogen) atoms. The van der Waals surface area contributed by atoms with E-state index >= 15 is 0 Å². The standard InChI is InChI=1S/C10H13NO4S/c1-4-11(3)15-16(13,14)10-7-9(12)6-5-8(10)2/h4-7H,1-3H3/p+1. The van der Waals surface area contributed by atoms with E-state index in [0.29, 0.717) is 5.56 Å². The zero-order valence-electron chi connectivity index (χ0n) is 9.34. The largest absolute Gasteiger partial charge is 0.508 e. The number of aryl methyl sites for hydroxylation is 1. The highest BCUT2D eigenvalue weighted by molar-refractivity contribution is 7.86. The van der Waals surface area contributed by atoms with E-state index in [1.807, 2.05) is 0 Å². The quantitative estimate of drug-likeness (QED) is 0.490. The van der Waals surface area contributed by atoms with Crippen molar-refractivity contribution in [1.29, 1.82) is 0 Å². The van der Waals surface area contributed by atoms with Gasteiger partial charge in [-0.1, -0.05) is 6.07 Å². The van der Waals surface area contributed by atoms with E-state index in [1.54, 1.807) is 13.8 Å². The van der Waals surface area contributed by atoms with Gasteiger partial charge in [0.1, 0.15) is 10.6 Å². The Hall–Kier alpha value is -1.56. The molecule has 0 atom stereocenters. The first-order valence-electron chi connectivity index (χ1n) is 4.63. The molecule has 0 aromatic heterocycles. The highest BCUT2D eigenvalue weighted by atomic mass is 32.2. The van der Waals surface area contributed by atoms with Crippen LogP contribution in [0.25, 0.3) is 0 Å². The molecule has 0 aliphatic carbocycles. The van der Waals surface area contributed by atoms with Crippen molar-refractivity contribution >= 4 is 16.3 Å². The second-order valence-corrected chi connectivity index (χ2v) is 4.78. The third-order valence-corrected chi connectivity index (χ3v) is 3.43. The maximum absolute atomic E-state index is 11.8.